The number of nitrogens with zero attached hydrogens (tertiary/aromatic N) is 1. The van der Waals surface area contributed by atoms with Crippen molar-refractivity contribution in [1.82, 2.24) is 47.5 Å². The summed E-state index contributed by atoms with van der Waals surface area (Å²) >= 11 is 0. The maximum Gasteiger partial charge on any atom is 0.325 e. The Labute approximate surface area is 465 Å². The summed E-state index contributed by atoms with van der Waals surface area (Å²) in [5.74, 6) is -12.9. The molecule has 1 aromatic heterocycles. The van der Waals surface area contributed by atoms with E-state index >= 15 is 0 Å². The number of guanidine groups is 1. The minimum absolute atomic E-state index is 0.0313. The van der Waals surface area contributed by atoms with E-state index in [9.17, 15) is 67.7 Å². The molecule has 442 valence electrons. The quantitative estimate of drug-likeness (QED) is 0.0149. The van der Waals surface area contributed by atoms with Crippen LogP contribution in [-0.4, -0.2) is 154 Å². The van der Waals surface area contributed by atoms with Gasteiger partial charge in [-0.05, 0) is 74.3 Å². The predicted octanol–water partition coefficient (Wildman–Crippen LogP) is -4.89. The molecule has 0 saturated heterocycles. The third kappa shape index (κ3) is 22.9. The van der Waals surface area contributed by atoms with E-state index in [2.05, 4.69) is 52.5 Å². The largest absolute Gasteiger partial charge is 0.508 e. The molecule has 0 aliphatic rings. The number of para-hydroxylation sites is 1. The van der Waals surface area contributed by atoms with Gasteiger partial charge in [0.25, 0.3) is 0 Å². The number of phenolic OH excluding ortho intramolecular Hbond substituents is 1. The highest BCUT2D eigenvalue weighted by Gasteiger charge is 2.35. The Bertz CT molecular complexity index is 2770. The Balaban J connectivity index is 1.83. The standard InChI is InChI=1S/C51H74N16O14/c1-4-25(2)42(49(79)66-36(48(78)61-26(3)50(80)81)21-28-23-59-32-9-6-5-8-30(28)32)67-47(77)35(16-18-39(54)70)64-45(75)33(10-7-19-58-51(56)57)62-41(72)24-60-44(74)37(22-40(55)71)65-46(76)34(15-17-38(53)69)63-43(73)31(52)20-27-11-13-29(68)14-12-27/h5-6,8-9,11-14,23,25-26,31,33-37,42,59,68H,4,7,10,15-22,24,52H2,1-3H3,(H2,53,69)(H2,54,70)(H2,55,71)(H,60,74)(H,61,78)(H,62,72)(H,63,73)(H,64,75)(H,65,76)(H,66,79)(H,67,77)(H,80,81)(H4,56,57,58). The van der Waals surface area contributed by atoms with Gasteiger partial charge in [-0.15, -0.1) is 0 Å². The van der Waals surface area contributed by atoms with Crippen LogP contribution in [0.2, 0.25) is 0 Å². The molecule has 0 bridgehead atoms. The number of benzene rings is 2. The number of carbonyl (C=O) groups is 12. The molecule has 0 aliphatic heterocycles. The van der Waals surface area contributed by atoms with E-state index < -0.39 is 157 Å². The lowest BCUT2D eigenvalue weighted by Crippen LogP contribution is -2.60. The second-order valence-corrected chi connectivity index (χ2v) is 19.2. The molecule has 0 saturated carbocycles. The summed E-state index contributed by atoms with van der Waals surface area (Å²) in [5, 5.41) is 39.2. The number of aliphatic imine (C=N–C) groups is 1. The molecule has 23 N–H and O–H groups in total. The third-order valence-electron chi connectivity index (χ3n) is 12.7. The third-order valence-corrected chi connectivity index (χ3v) is 12.7. The number of carboxylic acids is 1. The SMILES string of the molecule is CCC(C)C(NC(=O)C(CCC(N)=O)NC(=O)C(CCCN=C(N)N)NC(=O)CNC(=O)C(CC(N)=O)NC(=O)C(CCC(N)=O)NC(=O)C(N)Cc1ccc(O)cc1)C(=O)NC(Cc1c[nH]c2ccccc12)C(=O)NC(C)C(=O)O. The van der Waals surface area contributed by atoms with Gasteiger partial charge in [0.15, 0.2) is 5.96 Å². The summed E-state index contributed by atoms with van der Waals surface area (Å²) in [7, 11) is 0. The number of nitrogens with two attached hydrogens (primary N) is 6. The first-order valence-corrected chi connectivity index (χ1v) is 25.8. The number of hydrogen-bond acceptors (Lipinski definition) is 15. The maximum absolute atomic E-state index is 14.2. The average Bonchev–Trinajstić information content (AvgIpc) is 3.82. The van der Waals surface area contributed by atoms with E-state index in [1.54, 1.807) is 44.3 Å². The molecule has 0 spiro atoms. The number of carbonyl (C=O) groups excluding carboxylic acids is 11. The van der Waals surface area contributed by atoms with Crippen molar-refractivity contribution in [2.75, 3.05) is 13.1 Å². The Morgan fingerprint density at radius 2 is 1.15 bits per heavy atom. The second-order valence-electron chi connectivity index (χ2n) is 19.2. The summed E-state index contributed by atoms with van der Waals surface area (Å²) in [6.07, 6.45) is -0.889. The molecule has 0 radical (unpaired) electrons. The number of nitrogens with one attached hydrogen (secondary N) is 9. The summed E-state index contributed by atoms with van der Waals surface area (Å²) in [4.78, 5) is 164. The minimum Gasteiger partial charge on any atom is -0.508 e. The first-order valence-electron chi connectivity index (χ1n) is 25.8. The average molecular weight is 1140 g/mol. The van der Waals surface area contributed by atoms with Gasteiger partial charge in [-0.1, -0.05) is 50.6 Å². The highest BCUT2D eigenvalue weighted by atomic mass is 16.4. The van der Waals surface area contributed by atoms with Crippen molar-refractivity contribution in [2.45, 2.75) is 133 Å². The first kappa shape index (κ1) is 65.9. The molecule has 2 aromatic carbocycles. The maximum atomic E-state index is 14.2. The molecule has 11 amide bonds. The number of amides is 11. The Kier molecular flexibility index (Phi) is 26.5. The van der Waals surface area contributed by atoms with Gasteiger partial charge in [0.1, 0.15) is 48.0 Å². The summed E-state index contributed by atoms with van der Waals surface area (Å²) in [6, 6.07) is 1.15. The number of aromatic hydroxyl groups is 1. The van der Waals surface area contributed by atoms with Gasteiger partial charge in [0, 0.05) is 42.9 Å². The number of carboxylic acid groups (broad SMARTS) is 1. The summed E-state index contributed by atoms with van der Waals surface area (Å²) < 4.78 is 0. The van der Waals surface area contributed by atoms with E-state index in [0.29, 0.717) is 11.1 Å². The smallest absolute Gasteiger partial charge is 0.325 e. The number of aliphatic carboxylic acids is 1. The van der Waals surface area contributed by atoms with E-state index in [-0.39, 0.29) is 56.8 Å². The number of H-pyrrole nitrogens is 1. The van der Waals surface area contributed by atoms with Gasteiger partial charge in [-0.3, -0.25) is 62.5 Å². The van der Waals surface area contributed by atoms with Crippen LogP contribution in [0.25, 0.3) is 10.9 Å². The van der Waals surface area contributed by atoms with Crippen LogP contribution in [0.1, 0.15) is 83.3 Å². The van der Waals surface area contributed by atoms with Gasteiger partial charge in [0.2, 0.25) is 65.0 Å². The lowest BCUT2D eigenvalue weighted by Gasteiger charge is -2.29. The molecular formula is C51H74N16O14. The highest BCUT2D eigenvalue weighted by Crippen LogP contribution is 2.20. The number of phenols is 1. The van der Waals surface area contributed by atoms with E-state index in [1.165, 1.54) is 31.2 Å². The van der Waals surface area contributed by atoms with Crippen LogP contribution in [0, 0.1) is 5.92 Å². The molecule has 0 fully saturated rings. The zero-order valence-electron chi connectivity index (χ0n) is 45.1. The highest BCUT2D eigenvalue weighted by molar-refractivity contribution is 5.99. The second kappa shape index (κ2) is 32.5. The molecule has 0 aliphatic carbocycles. The Morgan fingerprint density at radius 3 is 1.72 bits per heavy atom. The molecule has 1 heterocycles. The van der Waals surface area contributed by atoms with Crippen LogP contribution in [0.5, 0.6) is 5.75 Å². The topological polar surface area (TPSA) is 526 Å². The number of hydrogen-bond donors (Lipinski definition) is 17. The van der Waals surface area contributed by atoms with Crippen LogP contribution >= 0.6 is 0 Å². The van der Waals surface area contributed by atoms with Crippen LogP contribution in [0.3, 0.4) is 0 Å². The monoisotopic (exact) mass is 1130 g/mol. The van der Waals surface area contributed by atoms with Crippen molar-refractivity contribution < 1.29 is 67.7 Å². The number of rotatable bonds is 35. The lowest BCUT2D eigenvalue weighted by atomic mass is 9.96. The fourth-order valence-electron chi connectivity index (χ4n) is 7.95. The Morgan fingerprint density at radius 1 is 0.605 bits per heavy atom. The van der Waals surface area contributed by atoms with Crippen molar-refractivity contribution in [1.29, 1.82) is 0 Å². The van der Waals surface area contributed by atoms with Gasteiger partial charge in [0.05, 0.1) is 19.0 Å². The van der Waals surface area contributed by atoms with Gasteiger partial charge in [-0.2, -0.15) is 0 Å². The Hall–Kier alpha value is -9.35. The van der Waals surface area contributed by atoms with Crippen molar-refractivity contribution in [3.63, 3.8) is 0 Å². The first-order chi connectivity index (χ1) is 38.2. The fourth-order valence-corrected chi connectivity index (χ4v) is 7.95. The number of aromatic nitrogens is 1. The van der Waals surface area contributed by atoms with Crippen molar-refractivity contribution >= 4 is 87.8 Å². The van der Waals surface area contributed by atoms with Crippen molar-refractivity contribution in [2.24, 2.45) is 45.3 Å². The summed E-state index contributed by atoms with van der Waals surface area (Å²) in [5.41, 5.74) is 35.0. The van der Waals surface area contributed by atoms with Gasteiger partial charge < -0.3 is 92.1 Å². The molecule has 81 heavy (non-hydrogen) atoms. The number of fused-ring (bicyclic) bond motifs is 1. The van der Waals surface area contributed by atoms with Crippen LogP contribution < -0.4 is 76.9 Å². The van der Waals surface area contributed by atoms with Gasteiger partial charge in [-0.25, -0.2) is 0 Å². The predicted molar refractivity (Wildman–Crippen MR) is 292 cm³/mol. The number of aromatic amines is 1. The van der Waals surface area contributed by atoms with Crippen LogP contribution in [0.15, 0.2) is 59.7 Å². The molecule has 3 aromatic rings. The van der Waals surface area contributed by atoms with E-state index in [1.807, 2.05) is 0 Å². The molecular weight excluding hydrogens is 1060 g/mol. The van der Waals surface area contributed by atoms with Crippen LogP contribution in [-0.2, 0) is 70.4 Å². The van der Waals surface area contributed by atoms with Gasteiger partial charge >= 0.3 is 5.97 Å². The molecule has 30 heteroatoms. The molecule has 9 unspecified atom stereocenters. The summed E-state index contributed by atoms with van der Waals surface area (Å²) in [6.45, 7) is 3.62. The van der Waals surface area contributed by atoms with Crippen molar-refractivity contribution in [3.05, 3.63) is 65.9 Å². The molecule has 9 atom stereocenters. The zero-order valence-corrected chi connectivity index (χ0v) is 45.1. The minimum atomic E-state index is -1.77. The molecule has 30 nitrogen and oxygen atoms in total. The lowest BCUT2D eigenvalue weighted by molar-refractivity contribution is -0.142. The van der Waals surface area contributed by atoms with Crippen LogP contribution in [0.4, 0.5) is 0 Å². The fraction of sp³-hybridized carbons (Fsp3) is 0.471. The van der Waals surface area contributed by atoms with E-state index in [0.717, 1.165) is 10.9 Å². The normalized spacial score (nSPS) is 14.3. The van der Waals surface area contributed by atoms with E-state index in [4.69, 9.17) is 34.4 Å². The zero-order chi connectivity index (χ0) is 60.5. The van der Waals surface area contributed by atoms with Crippen molar-refractivity contribution in [3.8, 4) is 5.75 Å². The molecule has 3 rings (SSSR count). The number of primary amides is 3.